The summed E-state index contributed by atoms with van der Waals surface area (Å²) in [7, 11) is 0. The van der Waals surface area contributed by atoms with Gasteiger partial charge in [-0.25, -0.2) is 0 Å². The van der Waals surface area contributed by atoms with E-state index in [4.69, 9.17) is 5.73 Å². The Bertz CT molecular complexity index is 585. The molecule has 3 rings (SSSR count). The Morgan fingerprint density at radius 2 is 2.16 bits per heavy atom. The van der Waals surface area contributed by atoms with Gasteiger partial charge in [-0.15, -0.1) is 0 Å². The lowest BCUT2D eigenvalue weighted by Gasteiger charge is -2.16. The zero-order valence-corrected chi connectivity index (χ0v) is 11.6. The van der Waals surface area contributed by atoms with E-state index in [0.717, 1.165) is 25.1 Å². The molecule has 0 radical (unpaired) electrons. The molecule has 100 valence electrons. The molecule has 19 heavy (non-hydrogen) atoms. The third kappa shape index (κ3) is 2.19. The fourth-order valence-corrected chi connectivity index (χ4v) is 3.21. The molecule has 2 aromatic rings. The van der Waals surface area contributed by atoms with Gasteiger partial charge >= 0.3 is 0 Å². The second kappa shape index (κ2) is 4.82. The van der Waals surface area contributed by atoms with Crippen LogP contribution in [-0.4, -0.2) is 9.78 Å². The molecule has 0 fully saturated rings. The Hall–Kier alpha value is -1.61. The van der Waals surface area contributed by atoms with Gasteiger partial charge in [0.15, 0.2) is 0 Å². The number of nitrogens with zero attached hydrogens (tertiary/aromatic N) is 2. The highest BCUT2D eigenvalue weighted by molar-refractivity contribution is 5.36. The summed E-state index contributed by atoms with van der Waals surface area (Å²) in [5.74, 6) is 0.499. The third-order valence-corrected chi connectivity index (χ3v) is 4.16. The molecule has 1 aromatic heterocycles. The zero-order chi connectivity index (χ0) is 13.4. The largest absolute Gasteiger partial charge is 0.324 e. The molecular weight excluding hydrogens is 234 g/mol. The Morgan fingerprint density at radius 3 is 2.89 bits per heavy atom. The maximum Gasteiger partial charge on any atom is 0.0596 e. The van der Waals surface area contributed by atoms with Crippen LogP contribution in [0.2, 0.25) is 0 Å². The van der Waals surface area contributed by atoms with E-state index < -0.39 is 0 Å². The second-order valence-corrected chi connectivity index (χ2v) is 5.49. The van der Waals surface area contributed by atoms with Crippen molar-refractivity contribution >= 4 is 0 Å². The molecule has 0 spiro atoms. The van der Waals surface area contributed by atoms with Gasteiger partial charge < -0.3 is 5.73 Å². The van der Waals surface area contributed by atoms with Gasteiger partial charge in [-0.05, 0) is 49.8 Å². The van der Waals surface area contributed by atoms with Crippen LogP contribution in [-0.2, 0) is 19.4 Å². The van der Waals surface area contributed by atoms with Crippen molar-refractivity contribution in [1.82, 2.24) is 9.78 Å². The number of nitrogens with two attached hydrogens (primary N) is 1. The molecule has 0 saturated carbocycles. The summed E-state index contributed by atoms with van der Waals surface area (Å²) in [5.41, 5.74) is 11.6. The van der Waals surface area contributed by atoms with Gasteiger partial charge in [0.2, 0.25) is 0 Å². The number of benzene rings is 1. The minimum Gasteiger partial charge on any atom is -0.324 e. The molecule has 1 aliphatic carbocycles. The number of aromatic nitrogens is 2. The number of rotatable bonds is 3. The molecule has 3 heteroatoms. The Balaban J connectivity index is 1.82. The summed E-state index contributed by atoms with van der Waals surface area (Å²) in [6, 6.07) is 10.9. The van der Waals surface area contributed by atoms with E-state index in [1.165, 1.54) is 16.8 Å². The highest BCUT2D eigenvalue weighted by atomic mass is 15.3. The quantitative estimate of drug-likeness (QED) is 0.916. The van der Waals surface area contributed by atoms with Gasteiger partial charge in [0, 0.05) is 18.3 Å². The van der Waals surface area contributed by atoms with Crippen LogP contribution < -0.4 is 5.73 Å². The van der Waals surface area contributed by atoms with Crippen LogP contribution in [0.25, 0.3) is 0 Å². The first kappa shape index (κ1) is 12.4. The van der Waals surface area contributed by atoms with E-state index in [1.54, 1.807) is 0 Å². The van der Waals surface area contributed by atoms with Gasteiger partial charge in [0.05, 0.1) is 5.69 Å². The maximum atomic E-state index is 6.41. The van der Waals surface area contributed by atoms with Crippen molar-refractivity contribution in [2.75, 3.05) is 0 Å². The summed E-state index contributed by atoms with van der Waals surface area (Å²) in [6.45, 7) is 5.12. The third-order valence-electron chi connectivity index (χ3n) is 4.16. The first-order chi connectivity index (χ1) is 9.19. The molecule has 1 heterocycles. The van der Waals surface area contributed by atoms with Crippen LogP contribution in [0.4, 0.5) is 0 Å². The number of hydrogen-bond acceptors (Lipinski definition) is 2. The Kier molecular flexibility index (Phi) is 3.15. The van der Waals surface area contributed by atoms with Gasteiger partial charge in [0.1, 0.15) is 0 Å². The van der Waals surface area contributed by atoms with Crippen LogP contribution in [0.5, 0.6) is 0 Å². The van der Waals surface area contributed by atoms with Crippen LogP contribution >= 0.6 is 0 Å². The summed E-state index contributed by atoms with van der Waals surface area (Å²) in [4.78, 5) is 0. The summed E-state index contributed by atoms with van der Waals surface area (Å²) >= 11 is 0. The van der Waals surface area contributed by atoms with Crippen molar-refractivity contribution in [2.24, 2.45) is 11.7 Å². The van der Waals surface area contributed by atoms with Crippen molar-refractivity contribution in [3.05, 3.63) is 52.8 Å². The van der Waals surface area contributed by atoms with Crippen LogP contribution in [0.1, 0.15) is 35.5 Å². The van der Waals surface area contributed by atoms with Crippen molar-refractivity contribution in [2.45, 2.75) is 39.3 Å². The van der Waals surface area contributed by atoms with E-state index in [1.807, 2.05) is 0 Å². The van der Waals surface area contributed by atoms with E-state index in [0.29, 0.717) is 5.92 Å². The summed E-state index contributed by atoms with van der Waals surface area (Å²) in [6.07, 6.45) is 2.11. The first-order valence-corrected chi connectivity index (χ1v) is 7.05. The topological polar surface area (TPSA) is 43.8 Å². The van der Waals surface area contributed by atoms with E-state index in [2.05, 4.69) is 54.0 Å². The number of hydrogen-bond donors (Lipinski definition) is 1. The molecule has 0 aliphatic heterocycles. The van der Waals surface area contributed by atoms with Crippen molar-refractivity contribution in [3.63, 3.8) is 0 Å². The fraction of sp³-hybridized carbons (Fsp3) is 0.438. The molecule has 2 atom stereocenters. The molecule has 3 nitrogen and oxygen atoms in total. The molecule has 0 amide bonds. The van der Waals surface area contributed by atoms with E-state index >= 15 is 0 Å². The van der Waals surface area contributed by atoms with Crippen LogP contribution in [0, 0.1) is 12.8 Å². The summed E-state index contributed by atoms with van der Waals surface area (Å²) in [5, 5.41) is 4.52. The van der Waals surface area contributed by atoms with Crippen molar-refractivity contribution in [3.8, 4) is 0 Å². The highest BCUT2D eigenvalue weighted by Crippen LogP contribution is 2.36. The lowest BCUT2D eigenvalue weighted by molar-refractivity contribution is 0.445. The second-order valence-electron chi connectivity index (χ2n) is 5.49. The minimum atomic E-state index is 0.164. The average molecular weight is 255 g/mol. The monoisotopic (exact) mass is 255 g/mol. The Morgan fingerprint density at radius 1 is 1.37 bits per heavy atom. The predicted octanol–water partition coefficient (Wildman–Crippen LogP) is 2.63. The SMILES string of the molecule is CCn1nc(C)cc1CC1Cc2ccccc2C1N. The molecule has 1 aromatic carbocycles. The fourth-order valence-electron chi connectivity index (χ4n) is 3.21. The van der Waals surface area contributed by atoms with Crippen LogP contribution in [0.15, 0.2) is 30.3 Å². The van der Waals surface area contributed by atoms with Crippen LogP contribution in [0.3, 0.4) is 0 Å². The van der Waals surface area contributed by atoms with Gasteiger partial charge in [0.25, 0.3) is 0 Å². The number of aryl methyl sites for hydroxylation is 2. The first-order valence-electron chi connectivity index (χ1n) is 7.05. The highest BCUT2D eigenvalue weighted by Gasteiger charge is 2.30. The van der Waals surface area contributed by atoms with Crippen molar-refractivity contribution < 1.29 is 0 Å². The normalized spacial score (nSPS) is 21.6. The molecule has 2 unspecified atom stereocenters. The van der Waals surface area contributed by atoms with Crippen molar-refractivity contribution in [1.29, 1.82) is 0 Å². The van der Waals surface area contributed by atoms with Gasteiger partial charge in [-0.2, -0.15) is 5.10 Å². The smallest absolute Gasteiger partial charge is 0.0596 e. The summed E-state index contributed by atoms with van der Waals surface area (Å²) < 4.78 is 2.10. The molecule has 0 bridgehead atoms. The molecular formula is C16H21N3. The molecule has 0 saturated heterocycles. The molecule has 1 aliphatic rings. The number of fused-ring (bicyclic) bond motifs is 1. The minimum absolute atomic E-state index is 0.164. The van der Waals surface area contributed by atoms with E-state index in [9.17, 15) is 0 Å². The standard InChI is InChI=1S/C16H21N3/c1-3-19-14(8-11(2)18-19)10-13-9-12-6-4-5-7-15(12)16(13)17/h4-8,13,16H,3,9-10,17H2,1-2H3. The Labute approximate surface area is 114 Å². The molecule has 2 N–H and O–H groups in total. The maximum absolute atomic E-state index is 6.41. The lowest BCUT2D eigenvalue weighted by Crippen LogP contribution is -2.20. The predicted molar refractivity (Wildman–Crippen MR) is 76.9 cm³/mol. The van der Waals surface area contributed by atoms with Gasteiger partial charge in [-0.1, -0.05) is 24.3 Å². The lowest BCUT2D eigenvalue weighted by atomic mass is 9.96. The average Bonchev–Trinajstić information content (AvgIpc) is 2.92. The van der Waals surface area contributed by atoms with Gasteiger partial charge in [-0.3, -0.25) is 4.68 Å². The zero-order valence-electron chi connectivity index (χ0n) is 11.6. The van der Waals surface area contributed by atoms with E-state index in [-0.39, 0.29) is 6.04 Å².